The molecule has 3 heterocycles. The molecule has 0 amide bonds. The number of ketones is 1. The molecule has 0 aromatic carbocycles. The Labute approximate surface area is 134 Å². The molecule has 4 nitrogen and oxygen atoms in total. The van der Waals surface area contributed by atoms with E-state index >= 15 is 0 Å². The zero-order valence-corrected chi connectivity index (χ0v) is 15.0. The van der Waals surface area contributed by atoms with E-state index in [2.05, 4.69) is 23.8 Å². The molecule has 1 aliphatic heterocycles. The Bertz CT molecular complexity index is 733. The molecule has 2 unspecified atom stereocenters. The minimum absolute atomic E-state index is 0.0634. The normalized spacial score (nSPS) is 25.7. The van der Waals surface area contributed by atoms with Crippen molar-refractivity contribution in [2.75, 3.05) is 0 Å². The van der Waals surface area contributed by atoms with Crippen molar-refractivity contribution in [3.8, 4) is 11.4 Å². The predicted octanol–water partition coefficient (Wildman–Crippen LogP) is 1.93. The molecule has 21 heavy (non-hydrogen) atoms. The summed E-state index contributed by atoms with van der Waals surface area (Å²) < 4.78 is 0. The molecule has 2 atom stereocenters. The standard InChI is InChI=1S/C15H13N3OSe2/c1-15(2)12-10-9(11(19)13(15)21-20-12)7-17-14(18-10)8-3-5-16-6-4-8/h3-7,12-13H,1-2H3. The summed E-state index contributed by atoms with van der Waals surface area (Å²) in [7, 11) is 0. The second kappa shape index (κ2) is 4.72. The van der Waals surface area contributed by atoms with Crippen molar-refractivity contribution >= 4 is 32.0 Å². The number of carbonyl (C=O) groups excluding carboxylic acids is 1. The molecule has 2 aromatic rings. The number of Topliss-reactive ketones (excluding diaryl/α,β-unsaturated/α-hetero) is 1. The van der Waals surface area contributed by atoms with Gasteiger partial charge < -0.3 is 0 Å². The monoisotopic (exact) mass is 411 g/mol. The van der Waals surface area contributed by atoms with E-state index in [9.17, 15) is 4.79 Å². The molecule has 4 rings (SSSR count). The van der Waals surface area contributed by atoms with Gasteiger partial charge >= 0.3 is 134 Å². The van der Waals surface area contributed by atoms with Crippen LogP contribution >= 0.6 is 0 Å². The molecular weight excluding hydrogens is 396 g/mol. The van der Waals surface area contributed by atoms with Crippen molar-refractivity contribution in [3.63, 3.8) is 0 Å². The molecule has 0 spiro atoms. The van der Waals surface area contributed by atoms with Crippen molar-refractivity contribution < 1.29 is 4.79 Å². The van der Waals surface area contributed by atoms with Gasteiger partial charge in [0.15, 0.2) is 0 Å². The SMILES string of the molecule is CC1(C)C2[Se][Se]C1c1nc(-c3ccncc3)ncc1C2=O. The van der Waals surface area contributed by atoms with Gasteiger partial charge in [-0.05, 0) is 0 Å². The zero-order valence-electron chi connectivity index (χ0n) is 11.6. The van der Waals surface area contributed by atoms with Gasteiger partial charge in [-0.15, -0.1) is 0 Å². The molecular formula is C15H13N3OSe2. The van der Waals surface area contributed by atoms with Crippen LogP contribution < -0.4 is 0 Å². The van der Waals surface area contributed by atoms with Crippen LogP contribution in [0.2, 0.25) is 4.82 Å². The van der Waals surface area contributed by atoms with Crippen molar-refractivity contribution in [1.82, 2.24) is 15.0 Å². The van der Waals surface area contributed by atoms with E-state index in [0.29, 0.717) is 36.9 Å². The first-order chi connectivity index (χ1) is 10.1. The third-order valence-corrected chi connectivity index (χ3v) is 14.0. The third kappa shape index (κ3) is 1.94. The maximum atomic E-state index is 12.7. The van der Waals surface area contributed by atoms with Crippen LogP contribution in [0.25, 0.3) is 11.4 Å². The Kier molecular flexibility index (Phi) is 3.05. The van der Waals surface area contributed by atoms with E-state index in [0.717, 1.165) is 16.8 Å². The number of carbonyl (C=O) groups is 1. The second-order valence-corrected chi connectivity index (χ2v) is 12.8. The van der Waals surface area contributed by atoms with Gasteiger partial charge in [0.05, 0.1) is 0 Å². The zero-order chi connectivity index (χ0) is 14.6. The van der Waals surface area contributed by atoms with Crippen LogP contribution in [0.3, 0.4) is 0 Å². The Balaban J connectivity index is 1.88. The van der Waals surface area contributed by atoms with E-state index in [-0.39, 0.29) is 16.0 Å². The van der Waals surface area contributed by atoms with Crippen LogP contribution in [0.4, 0.5) is 0 Å². The number of aromatic nitrogens is 3. The number of rotatable bonds is 1. The summed E-state index contributed by atoms with van der Waals surface area (Å²) in [4.78, 5) is 26.6. The molecule has 2 aliphatic rings. The number of fused-ring (bicyclic) bond motifs is 4. The fraction of sp³-hybridized carbons (Fsp3) is 0.333. The molecule has 6 heteroatoms. The maximum absolute atomic E-state index is 12.7. The predicted molar refractivity (Wildman–Crippen MR) is 81.4 cm³/mol. The molecule has 0 radical (unpaired) electrons. The minimum atomic E-state index is 0.0634. The van der Waals surface area contributed by atoms with E-state index in [1.54, 1.807) is 18.6 Å². The van der Waals surface area contributed by atoms with Gasteiger partial charge in [-0.2, -0.15) is 0 Å². The van der Waals surface area contributed by atoms with Crippen molar-refractivity contribution in [2.45, 2.75) is 23.5 Å². The number of pyridine rings is 1. The topological polar surface area (TPSA) is 55.7 Å². The fourth-order valence-corrected chi connectivity index (χ4v) is 16.2. The van der Waals surface area contributed by atoms with Gasteiger partial charge in [-0.1, -0.05) is 0 Å². The van der Waals surface area contributed by atoms with E-state index in [1.807, 2.05) is 12.1 Å². The first kappa shape index (κ1) is 13.6. The van der Waals surface area contributed by atoms with Gasteiger partial charge in [-0.3, -0.25) is 0 Å². The summed E-state index contributed by atoms with van der Waals surface area (Å²) >= 11 is 0.946. The van der Waals surface area contributed by atoms with E-state index in [4.69, 9.17) is 4.98 Å². The first-order valence-electron chi connectivity index (χ1n) is 6.73. The summed E-state index contributed by atoms with van der Waals surface area (Å²) in [6, 6.07) is 3.81. The molecule has 2 aromatic heterocycles. The molecule has 106 valence electrons. The van der Waals surface area contributed by atoms with Crippen molar-refractivity contribution in [3.05, 3.63) is 42.0 Å². The Morgan fingerprint density at radius 3 is 2.62 bits per heavy atom. The van der Waals surface area contributed by atoms with Gasteiger partial charge in [0.2, 0.25) is 0 Å². The summed E-state index contributed by atoms with van der Waals surface area (Å²) in [6.07, 6.45) is 5.23. The number of nitrogens with zero attached hydrogens (tertiary/aromatic N) is 3. The quantitative estimate of drug-likeness (QED) is 0.676. The van der Waals surface area contributed by atoms with Crippen LogP contribution in [0.5, 0.6) is 0 Å². The molecule has 1 saturated heterocycles. The van der Waals surface area contributed by atoms with Crippen molar-refractivity contribution in [2.24, 2.45) is 5.41 Å². The van der Waals surface area contributed by atoms with Crippen LogP contribution in [0.15, 0.2) is 30.7 Å². The van der Waals surface area contributed by atoms with Gasteiger partial charge in [0.1, 0.15) is 0 Å². The number of hydrogen-bond donors (Lipinski definition) is 0. The Morgan fingerprint density at radius 1 is 1.14 bits per heavy atom. The average molecular weight is 409 g/mol. The molecule has 0 saturated carbocycles. The number of hydrogen-bond acceptors (Lipinski definition) is 4. The van der Waals surface area contributed by atoms with Crippen LogP contribution in [-0.2, 0) is 0 Å². The summed E-state index contributed by atoms with van der Waals surface area (Å²) in [5.74, 6) is 0.973. The first-order valence-corrected chi connectivity index (χ1v) is 13.0. The van der Waals surface area contributed by atoms with Gasteiger partial charge in [0, 0.05) is 0 Å². The molecule has 1 fully saturated rings. The van der Waals surface area contributed by atoms with E-state index in [1.165, 1.54) is 0 Å². The molecule has 2 bridgehead atoms. The second-order valence-electron chi connectivity index (χ2n) is 5.87. The average Bonchev–Trinajstić information content (AvgIpc) is 2.71. The fourth-order valence-electron chi connectivity index (χ4n) is 2.84. The summed E-state index contributed by atoms with van der Waals surface area (Å²) in [5, 5.41) is 0. The van der Waals surface area contributed by atoms with Crippen LogP contribution in [-0.4, -0.2) is 47.0 Å². The Morgan fingerprint density at radius 2 is 1.86 bits per heavy atom. The van der Waals surface area contributed by atoms with E-state index < -0.39 is 0 Å². The summed E-state index contributed by atoms with van der Waals surface area (Å²) in [5.41, 5.74) is 2.77. The molecule has 0 N–H and O–H groups in total. The Hall–Kier alpha value is -1.06. The van der Waals surface area contributed by atoms with Crippen molar-refractivity contribution in [1.29, 1.82) is 0 Å². The molecule has 1 aliphatic carbocycles. The van der Waals surface area contributed by atoms with Crippen LogP contribution in [0.1, 0.15) is 34.7 Å². The van der Waals surface area contributed by atoms with Crippen LogP contribution in [0, 0.1) is 5.41 Å². The third-order valence-electron chi connectivity index (χ3n) is 4.11. The van der Waals surface area contributed by atoms with Gasteiger partial charge in [0.25, 0.3) is 0 Å². The van der Waals surface area contributed by atoms with Gasteiger partial charge in [-0.25, -0.2) is 0 Å². The summed E-state index contributed by atoms with van der Waals surface area (Å²) in [6.45, 7) is 4.46.